The number of hydrogen-bond donors (Lipinski definition) is 0. The van der Waals surface area contributed by atoms with E-state index in [0.29, 0.717) is 5.69 Å². The molecule has 0 bridgehead atoms. The average molecular weight is 229 g/mol. The molecule has 0 saturated heterocycles. The van der Waals surface area contributed by atoms with Crippen molar-refractivity contribution < 1.29 is 0 Å². The molecule has 1 aromatic rings. The fraction of sp³-hybridized carbons (Fsp3) is 0.429. The van der Waals surface area contributed by atoms with Crippen molar-refractivity contribution in [1.82, 2.24) is 9.55 Å². The van der Waals surface area contributed by atoms with Crippen molar-refractivity contribution >= 4 is 12.3 Å². The fourth-order valence-electron chi connectivity index (χ4n) is 1.58. The van der Waals surface area contributed by atoms with Crippen LogP contribution in [-0.4, -0.2) is 9.55 Å². The summed E-state index contributed by atoms with van der Waals surface area (Å²) in [5.74, 6) is 0.825. The molecule has 3 heteroatoms. The molecule has 0 aliphatic carbocycles. The summed E-state index contributed by atoms with van der Waals surface area (Å²) in [6.07, 6.45) is 8.06. The van der Waals surface area contributed by atoms with E-state index in [1.54, 1.807) is 0 Å². The second-order valence-corrected chi connectivity index (χ2v) is 4.36. The summed E-state index contributed by atoms with van der Waals surface area (Å²) < 4.78 is 1.83. The van der Waals surface area contributed by atoms with E-state index in [2.05, 4.69) is 37.1 Å². The van der Waals surface area contributed by atoms with Crippen LogP contribution in [0.5, 0.6) is 0 Å². The maximum Gasteiger partial charge on any atom is 0.147 e. The van der Waals surface area contributed by atoms with Crippen molar-refractivity contribution in [2.45, 2.75) is 34.6 Å². The Hall–Kier alpha value is -1.82. The molecule has 0 amide bonds. The summed E-state index contributed by atoms with van der Waals surface area (Å²) in [5, 5.41) is 9.02. The second kappa shape index (κ2) is 5.01. The van der Waals surface area contributed by atoms with Crippen LogP contribution >= 0.6 is 0 Å². The third kappa shape index (κ3) is 2.65. The third-order valence-electron chi connectivity index (χ3n) is 2.53. The minimum Gasteiger partial charge on any atom is -0.291 e. The minimum atomic E-state index is 0.0152. The van der Waals surface area contributed by atoms with Crippen LogP contribution in [0.2, 0.25) is 0 Å². The maximum absolute atomic E-state index is 9.02. The first-order valence-corrected chi connectivity index (χ1v) is 5.91. The van der Waals surface area contributed by atoms with Gasteiger partial charge in [-0.2, -0.15) is 5.26 Å². The van der Waals surface area contributed by atoms with E-state index in [9.17, 15) is 0 Å². The summed E-state index contributed by atoms with van der Waals surface area (Å²) in [6, 6.07) is 2.17. The molecule has 0 aromatic carbocycles. The Bertz CT molecular complexity index is 496. The van der Waals surface area contributed by atoms with Crippen LogP contribution in [0.1, 0.15) is 44.9 Å². The zero-order valence-electron chi connectivity index (χ0n) is 11.2. The molecule has 1 aliphatic rings. The molecule has 2 rings (SSSR count). The molecule has 1 aromatic heterocycles. The standard InChI is InChI=1S/C12H13N3.C2H6/c1-9-10(8-13)15-7-6-12(2,3)5-4-11(15)14-9;1-2/h4-7H,1-3H3;1-2H3. The SMILES string of the molecule is CC.Cc1nc2n(c1C#N)C=CC(C)(C)C=C2. The predicted octanol–water partition coefficient (Wildman–Crippen LogP) is 3.61. The predicted molar refractivity (Wildman–Crippen MR) is 71.2 cm³/mol. The van der Waals surface area contributed by atoms with Crippen molar-refractivity contribution in [1.29, 1.82) is 5.26 Å². The number of imidazole rings is 1. The van der Waals surface area contributed by atoms with Crippen LogP contribution in [0.4, 0.5) is 0 Å². The van der Waals surface area contributed by atoms with Crippen LogP contribution in [0.3, 0.4) is 0 Å². The monoisotopic (exact) mass is 229 g/mol. The zero-order valence-corrected chi connectivity index (χ0v) is 11.2. The van der Waals surface area contributed by atoms with E-state index >= 15 is 0 Å². The molecule has 0 radical (unpaired) electrons. The lowest BCUT2D eigenvalue weighted by Gasteiger charge is -2.11. The van der Waals surface area contributed by atoms with Crippen molar-refractivity contribution in [2.24, 2.45) is 5.41 Å². The Labute approximate surface area is 103 Å². The van der Waals surface area contributed by atoms with Gasteiger partial charge in [0.25, 0.3) is 0 Å². The molecule has 0 spiro atoms. The molecule has 0 saturated carbocycles. The van der Waals surface area contributed by atoms with Gasteiger partial charge >= 0.3 is 0 Å². The fourth-order valence-corrected chi connectivity index (χ4v) is 1.58. The quantitative estimate of drug-likeness (QED) is 0.682. The number of hydrogen-bond acceptors (Lipinski definition) is 2. The van der Waals surface area contributed by atoms with E-state index in [4.69, 9.17) is 5.26 Å². The molecule has 0 fully saturated rings. The molecular weight excluding hydrogens is 210 g/mol. The van der Waals surface area contributed by atoms with Crippen LogP contribution in [0.15, 0.2) is 12.2 Å². The number of fused-ring (bicyclic) bond motifs is 1. The summed E-state index contributed by atoms with van der Waals surface area (Å²) in [6.45, 7) is 10.1. The highest BCUT2D eigenvalue weighted by atomic mass is 15.1. The molecule has 3 nitrogen and oxygen atoms in total. The van der Waals surface area contributed by atoms with Gasteiger partial charge in [-0.05, 0) is 13.0 Å². The van der Waals surface area contributed by atoms with Gasteiger partial charge in [-0.15, -0.1) is 0 Å². The molecule has 0 atom stereocenters. The first kappa shape index (κ1) is 13.2. The van der Waals surface area contributed by atoms with Crippen LogP contribution in [-0.2, 0) is 0 Å². The van der Waals surface area contributed by atoms with E-state index in [0.717, 1.165) is 11.5 Å². The van der Waals surface area contributed by atoms with Gasteiger partial charge in [-0.25, -0.2) is 4.98 Å². The summed E-state index contributed by atoms with van der Waals surface area (Å²) in [7, 11) is 0. The lowest BCUT2D eigenvalue weighted by molar-refractivity contribution is 0.632. The smallest absolute Gasteiger partial charge is 0.147 e. The Morgan fingerprint density at radius 2 is 1.94 bits per heavy atom. The largest absolute Gasteiger partial charge is 0.291 e. The van der Waals surface area contributed by atoms with Crippen molar-refractivity contribution in [3.63, 3.8) is 0 Å². The van der Waals surface area contributed by atoms with Gasteiger partial charge in [0.15, 0.2) is 0 Å². The van der Waals surface area contributed by atoms with E-state index < -0.39 is 0 Å². The highest BCUT2D eigenvalue weighted by Crippen LogP contribution is 2.25. The maximum atomic E-state index is 9.02. The third-order valence-corrected chi connectivity index (χ3v) is 2.53. The van der Waals surface area contributed by atoms with Gasteiger partial charge in [0.05, 0.1) is 5.69 Å². The molecule has 17 heavy (non-hydrogen) atoms. The van der Waals surface area contributed by atoms with Gasteiger partial charge in [0.2, 0.25) is 0 Å². The van der Waals surface area contributed by atoms with Gasteiger partial charge in [0, 0.05) is 11.6 Å². The van der Waals surface area contributed by atoms with Crippen LogP contribution in [0.25, 0.3) is 12.3 Å². The van der Waals surface area contributed by atoms with Gasteiger partial charge in [-0.3, -0.25) is 4.57 Å². The Balaban J connectivity index is 0.000000686. The Morgan fingerprint density at radius 1 is 1.29 bits per heavy atom. The molecule has 1 aliphatic heterocycles. The van der Waals surface area contributed by atoms with E-state index in [1.807, 2.05) is 37.6 Å². The zero-order chi connectivity index (χ0) is 13.1. The topological polar surface area (TPSA) is 41.6 Å². The van der Waals surface area contributed by atoms with Gasteiger partial charge in [-0.1, -0.05) is 39.8 Å². The molecule has 0 unspecified atom stereocenters. The molecule has 2 heterocycles. The first-order chi connectivity index (χ1) is 8.03. The number of nitrogens with zero attached hydrogens (tertiary/aromatic N) is 3. The van der Waals surface area contributed by atoms with E-state index in [1.165, 1.54) is 0 Å². The lowest BCUT2D eigenvalue weighted by Crippen LogP contribution is -2.00. The number of rotatable bonds is 0. The average Bonchev–Trinajstić information content (AvgIpc) is 2.54. The van der Waals surface area contributed by atoms with Crippen molar-refractivity contribution in [3.05, 3.63) is 29.4 Å². The van der Waals surface area contributed by atoms with Crippen LogP contribution in [0, 0.1) is 23.7 Å². The summed E-state index contributed by atoms with van der Waals surface area (Å²) >= 11 is 0. The van der Waals surface area contributed by atoms with Crippen molar-refractivity contribution in [3.8, 4) is 6.07 Å². The highest BCUT2D eigenvalue weighted by Gasteiger charge is 2.16. The van der Waals surface area contributed by atoms with Gasteiger partial charge < -0.3 is 0 Å². The number of nitriles is 1. The minimum absolute atomic E-state index is 0.0152. The number of aryl methyl sites for hydroxylation is 1. The number of allylic oxidation sites excluding steroid dienone is 2. The Morgan fingerprint density at radius 3 is 2.53 bits per heavy atom. The lowest BCUT2D eigenvalue weighted by atomic mass is 9.93. The Kier molecular flexibility index (Phi) is 3.90. The highest BCUT2D eigenvalue weighted by molar-refractivity contribution is 5.55. The van der Waals surface area contributed by atoms with E-state index in [-0.39, 0.29) is 5.41 Å². The summed E-state index contributed by atoms with van der Waals surface area (Å²) in [4.78, 5) is 4.35. The molecule has 0 N–H and O–H groups in total. The first-order valence-electron chi connectivity index (χ1n) is 5.91. The second-order valence-electron chi connectivity index (χ2n) is 4.36. The van der Waals surface area contributed by atoms with Gasteiger partial charge in [0.1, 0.15) is 17.6 Å². The molecular formula is C14H19N3. The normalized spacial score (nSPS) is 15.3. The number of aromatic nitrogens is 2. The van der Waals surface area contributed by atoms with Crippen LogP contribution < -0.4 is 0 Å². The summed E-state index contributed by atoms with van der Waals surface area (Å²) in [5.41, 5.74) is 1.41. The van der Waals surface area contributed by atoms with Crippen molar-refractivity contribution in [2.75, 3.05) is 0 Å². The molecule has 90 valence electrons.